The fourth-order valence-corrected chi connectivity index (χ4v) is 4.24. The van der Waals surface area contributed by atoms with E-state index in [1.807, 2.05) is 18.2 Å². The molecule has 2 aliphatic rings. The number of methoxy groups -OCH3 is 1. The first-order chi connectivity index (χ1) is 11.1. The standard InChI is InChI=1S/C17H23NO4S/c1-21-17(15-11-23-16(20)18-15)10-13(19)9-14(22-17)8-7-12-5-3-2-4-6-12/h2-6,13-15,19H,7-11H2,1H3,(H,18,20)/t13?,14-,15?,17?/m1/s1. The molecule has 1 aromatic carbocycles. The SMILES string of the molecule is COC1(C2CSC(=O)N2)CC(O)C[C@@H](CCc2ccccc2)O1. The number of aliphatic hydroxyl groups excluding tert-OH is 1. The zero-order valence-electron chi connectivity index (χ0n) is 13.2. The molecule has 126 valence electrons. The Kier molecular flexibility index (Phi) is 5.26. The summed E-state index contributed by atoms with van der Waals surface area (Å²) in [5.41, 5.74) is 1.25. The maximum atomic E-state index is 11.5. The van der Waals surface area contributed by atoms with E-state index in [0.717, 1.165) is 12.8 Å². The third-order valence-electron chi connectivity index (χ3n) is 4.57. The monoisotopic (exact) mass is 337 g/mol. The van der Waals surface area contributed by atoms with Crippen LogP contribution in [0, 0.1) is 0 Å². The molecule has 23 heavy (non-hydrogen) atoms. The van der Waals surface area contributed by atoms with E-state index in [9.17, 15) is 9.90 Å². The van der Waals surface area contributed by atoms with Crippen LogP contribution in [0.25, 0.3) is 0 Å². The first-order valence-corrected chi connectivity index (χ1v) is 8.98. The molecular formula is C17H23NO4S. The first-order valence-electron chi connectivity index (χ1n) is 7.99. The summed E-state index contributed by atoms with van der Waals surface area (Å²) in [7, 11) is 1.58. The molecule has 0 bridgehead atoms. The number of aliphatic hydroxyl groups is 1. The molecule has 2 fully saturated rings. The molecule has 2 saturated heterocycles. The van der Waals surface area contributed by atoms with Crippen LogP contribution in [0.4, 0.5) is 4.79 Å². The Balaban J connectivity index is 1.66. The quantitative estimate of drug-likeness (QED) is 0.863. The minimum atomic E-state index is -0.932. The first kappa shape index (κ1) is 16.8. The molecule has 0 spiro atoms. The largest absolute Gasteiger partial charge is 0.393 e. The Labute approximate surface area is 140 Å². The highest BCUT2D eigenvalue weighted by Crippen LogP contribution is 2.37. The number of ether oxygens (including phenoxy) is 2. The zero-order valence-corrected chi connectivity index (χ0v) is 14.1. The Morgan fingerprint density at radius 1 is 1.43 bits per heavy atom. The van der Waals surface area contributed by atoms with E-state index in [2.05, 4.69) is 17.4 Å². The fraction of sp³-hybridized carbons (Fsp3) is 0.588. The zero-order chi connectivity index (χ0) is 16.3. The summed E-state index contributed by atoms with van der Waals surface area (Å²) in [6.45, 7) is 0. The van der Waals surface area contributed by atoms with Crippen molar-refractivity contribution in [2.24, 2.45) is 0 Å². The van der Waals surface area contributed by atoms with Crippen molar-refractivity contribution in [2.75, 3.05) is 12.9 Å². The predicted octanol–water partition coefficient (Wildman–Crippen LogP) is 2.33. The maximum absolute atomic E-state index is 11.5. The highest BCUT2D eigenvalue weighted by atomic mass is 32.2. The van der Waals surface area contributed by atoms with Gasteiger partial charge in [-0.3, -0.25) is 4.79 Å². The normalized spacial score (nSPS) is 34.3. The van der Waals surface area contributed by atoms with Crippen molar-refractivity contribution >= 4 is 17.0 Å². The molecule has 0 radical (unpaired) electrons. The second-order valence-corrected chi connectivity index (χ2v) is 7.16. The number of aryl methyl sites for hydroxylation is 1. The molecule has 2 N–H and O–H groups in total. The second kappa shape index (κ2) is 7.21. The highest BCUT2D eigenvalue weighted by Gasteiger charge is 2.50. The van der Waals surface area contributed by atoms with Crippen LogP contribution in [0.15, 0.2) is 30.3 Å². The summed E-state index contributed by atoms with van der Waals surface area (Å²) < 4.78 is 11.9. The number of hydrogen-bond acceptors (Lipinski definition) is 5. The molecule has 2 heterocycles. The Morgan fingerprint density at radius 2 is 2.22 bits per heavy atom. The predicted molar refractivity (Wildman–Crippen MR) is 89.4 cm³/mol. The number of hydrogen-bond donors (Lipinski definition) is 2. The molecule has 3 unspecified atom stereocenters. The summed E-state index contributed by atoms with van der Waals surface area (Å²) >= 11 is 1.23. The summed E-state index contributed by atoms with van der Waals surface area (Å²) in [4.78, 5) is 11.5. The molecule has 0 aliphatic carbocycles. The Bertz CT molecular complexity index is 541. The molecule has 2 aliphatic heterocycles. The van der Waals surface area contributed by atoms with E-state index in [1.165, 1.54) is 17.3 Å². The third kappa shape index (κ3) is 3.88. The molecule has 6 heteroatoms. The van der Waals surface area contributed by atoms with Crippen molar-refractivity contribution in [3.05, 3.63) is 35.9 Å². The van der Waals surface area contributed by atoms with Crippen molar-refractivity contribution in [3.8, 4) is 0 Å². The van der Waals surface area contributed by atoms with Crippen molar-refractivity contribution in [3.63, 3.8) is 0 Å². The topological polar surface area (TPSA) is 67.8 Å². The van der Waals surface area contributed by atoms with Crippen LogP contribution in [-0.2, 0) is 15.9 Å². The van der Waals surface area contributed by atoms with Crippen molar-refractivity contribution in [1.29, 1.82) is 0 Å². The lowest BCUT2D eigenvalue weighted by Crippen LogP contribution is -2.59. The van der Waals surface area contributed by atoms with Crippen LogP contribution >= 0.6 is 11.8 Å². The third-order valence-corrected chi connectivity index (χ3v) is 5.45. The van der Waals surface area contributed by atoms with Crippen LogP contribution in [0.1, 0.15) is 24.8 Å². The highest BCUT2D eigenvalue weighted by molar-refractivity contribution is 8.14. The van der Waals surface area contributed by atoms with E-state index in [1.54, 1.807) is 7.11 Å². The van der Waals surface area contributed by atoms with E-state index in [-0.39, 0.29) is 17.4 Å². The average molecular weight is 337 g/mol. The van der Waals surface area contributed by atoms with Gasteiger partial charge in [-0.05, 0) is 24.8 Å². The molecule has 1 aromatic rings. The van der Waals surface area contributed by atoms with E-state index >= 15 is 0 Å². The summed E-state index contributed by atoms with van der Waals surface area (Å²) in [5, 5.41) is 13.1. The summed E-state index contributed by atoms with van der Waals surface area (Å²) in [5.74, 6) is -0.330. The van der Waals surface area contributed by atoms with Gasteiger partial charge in [0.15, 0.2) is 5.79 Å². The van der Waals surface area contributed by atoms with Gasteiger partial charge in [0.25, 0.3) is 5.24 Å². The Hall–Kier alpha value is -1.08. The number of rotatable bonds is 5. The van der Waals surface area contributed by atoms with Gasteiger partial charge in [0.2, 0.25) is 0 Å². The lowest BCUT2D eigenvalue weighted by atomic mass is 9.91. The van der Waals surface area contributed by atoms with Crippen LogP contribution in [-0.4, -0.2) is 47.2 Å². The number of amides is 1. The molecule has 4 atom stereocenters. The summed E-state index contributed by atoms with van der Waals surface area (Å²) in [6, 6.07) is 10.0. The van der Waals surface area contributed by atoms with Gasteiger partial charge < -0.3 is 19.9 Å². The Morgan fingerprint density at radius 3 is 2.87 bits per heavy atom. The maximum Gasteiger partial charge on any atom is 0.279 e. The van der Waals surface area contributed by atoms with Crippen molar-refractivity contribution < 1.29 is 19.4 Å². The van der Waals surface area contributed by atoms with Gasteiger partial charge in [0, 0.05) is 19.3 Å². The molecular weight excluding hydrogens is 314 g/mol. The van der Waals surface area contributed by atoms with E-state index < -0.39 is 11.9 Å². The van der Waals surface area contributed by atoms with E-state index in [0.29, 0.717) is 18.6 Å². The second-order valence-electron chi connectivity index (χ2n) is 6.17. The van der Waals surface area contributed by atoms with Crippen molar-refractivity contribution in [2.45, 2.75) is 49.7 Å². The van der Waals surface area contributed by atoms with Crippen molar-refractivity contribution in [1.82, 2.24) is 5.32 Å². The van der Waals surface area contributed by atoms with Gasteiger partial charge >= 0.3 is 0 Å². The van der Waals surface area contributed by atoms with Crippen LogP contribution < -0.4 is 5.32 Å². The lowest BCUT2D eigenvalue weighted by molar-refractivity contribution is -0.294. The van der Waals surface area contributed by atoms with Crippen LogP contribution in [0.3, 0.4) is 0 Å². The lowest BCUT2D eigenvalue weighted by Gasteiger charge is -2.45. The number of benzene rings is 1. The molecule has 3 rings (SSSR count). The van der Waals surface area contributed by atoms with Gasteiger partial charge in [-0.15, -0.1) is 0 Å². The van der Waals surface area contributed by atoms with Gasteiger partial charge in [-0.1, -0.05) is 42.1 Å². The number of carbonyl (C=O) groups is 1. The number of nitrogens with one attached hydrogen (secondary N) is 1. The van der Waals surface area contributed by atoms with E-state index in [4.69, 9.17) is 9.47 Å². The minimum Gasteiger partial charge on any atom is -0.393 e. The minimum absolute atomic E-state index is 0.0593. The smallest absolute Gasteiger partial charge is 0.279 e. The van der Waals surface area contributed by atoms with Crippen LogP contribution in [0.5, 0.6) is 0 Å². The molecule has 1 amide bonds. The fourth-order valence-electron chi connectivity index (χ4n) is 3.36. The van der Waals surface area contributed by atoms with Crippen LogP contribution in [0.2, 0.25) is 0 Å². The number of carbonyl (C=O) groups excluding carboxylic acids is 1. The average Bonchev–Trinajstić information content (AvgIpc) is 3.00. The van der Waals surface area contributed by atoms with Gasteiger partial charge in [-0.25, -0.2) is 0 Å². The van der Waals surface area contributed by atoms with Gasteiger partial charge in [-0.2, -0.15) is 0 Å². The molecule has 0 aromatic heterocycles. The molecule has 5 nitrogen and oxygen atoms in total. The van der Waals surface area contributed by atoms with Gasteiger partial charge in [0.05, 0.1) is 18.2 Å². The molecule has 0 saturated carbocycles. The number of thioether (sulfide) groups is 1. The summed E-state index contributed by atoms with van der Waals surface area (Å²) in [6.07, 6.45) is 2.14. The van der Waals surface area contributed by atoms with Gasteiger partial charge in [0.1, 0.15) is 0 Å².